The molecule has 2 fully saturated rings. The Labute approximate surface area is 131 Å². The van der Waals surface area contributed by atoms with E-state index in [-0.39, 0.29) is 38.9 Å². The predicted octanol–water partition coefficient (Wildman–Crippen LogP) is 2.30. The fourth-order valence-corrected chi connectivity index (χ4v) is 3.18. The van der Waals surface area contributed by atoms with Gasteiger partial charge in [-0.05, 0) is 31.1 Å². The van der Waals surface area contributed by atoms with Gasteiger partial charge in [0.05, 0.1) is 6.04 Å². The van der Waals surface area contributed by atoms with Gasteiger partial charge in [0, 0.05) is 12.6 Å². The maximum atomic E-state index is 12.0. The number of hydrogen-bond acceptors (Lipinski definition) is 2. The summed E-state index contributed by atoms with van der Waals surface area (Å²) in [7, 11) is 0. The van der Waals surface area contributed by atoms with Gasteiger partial charge < -0.3 is 10.6 Å². The van der Waals surface area contributed by atoms with Crippen molar-refractivity contribution in [1.82, 2.24) is 10.6 Å². The Morgan fingerprint density at radius 2 is 1.79 bits per heavy atom. The summed E-state index contributed by atoms with van der Waals surface area (Å²) < 4.78 is 0. The molecular formula is C14H30N2OS2. The molecule has 1 heterocycles. The normalized spacial score (nSPS) is 28.3. The number of piperazine rings is 1. The van der Waals surface area contributed by atoms with Crippen LogP contribution in [0.5, 0.6) is 0 Å². The Kier molecular flexibility index (Phi) is 9.20. The van der Waals surface area contributed by atoms with Crippen molar-refractivity contribution in [3.8, 4) is 0 Å². The van der Waals surface area contributed by atoms with E-state index >= 15 is 0 Å². The number of carbonyl (C=O) groups is 1. The third-order valence-corrected chi connectivity index (χ3v) is 4.15. The highest BCUT2D eigenvalue weighted by atomic mass is 32.1. The summed E-state index contributed by atoms with van der Waals surface area (Å²) in [6.45, 7) is 5.30. The molecule has 2 N–H and O–H groups in total. The highest BCUT2D eigenvalue weighted by Gasteiger charge is 2.32. The fourth-order valence-electron chi connectivity index (χ4n) is 3.18. The van der Waals surface area contributed by atoms with Crippen molar-refractivity contribution in [2.45, 2.75) is 64.5 Å². The van der Waals surface area contributed by atoms with Gasteiger partial charge in [0.2, 0.25) is 5.91 Å². The molecule has 1 aliphatic carbocycles. The minimum atomic E-state index is 0. The van der Waals surface area contributed by atoms with E-state index in [1.807, 2.05) is 0 Å². The molecule has 5 heteroatoms. The molecule has 2 aliphatic rings. The standard InChI is InChI=1S/C14H26N2O.2H2S/c1-10(2)8-12-14(17)16-13(9-15-12)11-6-4-3-5-7-11;;/h10-13,15H,3-9H2,1-2H3,(H,16,17);2*1H2/t12-,13+;;/m0../s1. The minimum Gasteiger partial charge on any atom is -0.350 e. The van der Waals surface area contributed by atoms with Gasteiger partial charge in [-0.2, -0.15) is 27.0 Å². The molecule has 3 nitrogen and oxygen atoms in total. The van der Waals surface area contributed by atoms with Gasteiger partial charge in [0.1, 0.15) is 0 Å². The molecule has 0 radical (unpaired) electrons. The molecule has 0 spiro atoms. The molecule has 19 heavy (non-hydrogen) atoms. The zero-order valence-corrected chi connectivity index (χ0v) is 14.2. The SMILES string of the molecule is CC(C)C[C@@H]1NC[C@H](C2CCCCC2)NC1=O.S.S. The van der Waals surface area contributed by atoms with E-state index in [0.29, 0.717) is 17.9 Å². The Morgan fingerprint density at radius 3 is 2.32 bits per heavy atom. The first-order chi connectivity index (χ1) is 8.16. The van der Waals surface area contributed by atoms with Crippen molar-refractivity contribution in [1.29, 1.82) is 0 Å². The van der Waals surface area contributed by atoms with Crippen LogP contribution < -0.4 is 10.6 Å². The molecule has 0 unspecified atom stereocenters. The topological polar surface area (TPSA) is 41.1 Å². The molecule has 114 valence electrons. The summed E-state index contributed by atoms with van der Waals surface area (Å²) in [6, 6.07) is 0.418. The molecule has 1 amide bonds. The van der Waals surface area contributed by atoms with Crippen LogP contribution in [0.1, 0.15) is 52.4 Å². The second kappa shape index (κ2) is 9.14. The van der Waals surface area contributed by atoms with Crippen molar-refractivity contribution >= 4 is 32.9 Å². The van der Waals surface area contributed by atoms with Gasteiger partial charge in [0.25, 0.3) is 0 Å². The molecule has 2 atom stereocenters. The van der Waals surface area contributed by atoms with Crippen LogP contribution in [0.25, 0.3) is 0 Å². The molecule has 0 aromatic heterocycles. The molecular weight excluding hydrogens is 276 g/mol. The molecule has 0 aromatic rings. The van der Waals surface area contributed by atoms with Crippen LogP contribution >= 0.6 is 27.0 Å². The van der Waals surface area contributed by atoms with Crippen molar-refractivity contribution in [3.05, 3.63) is 0 Å². The first kappa shape index (κ1) is 19.1. The highest BCUT2D eigenvalue weighted by molar-refractivity contribution is 7.59. The van der Waals surface area contributed by atoms with Crippen LogP contribution in [-0.2, 0) is 4.79 Å². The predicted molar refractivity (Wildman–Crippen MR) is 90.5 cm³/mol. The Balaban J connectivity index is 0.00000162. The molecule has 0 bridgehead atoms. The monoisotopic (exact) mass is 306 g/mol. The summed E-state index contributed by atoms with van der Waals surface area (Å²) in [5.41, 5.74) is 0. The minimum absolute atomic E-state index is 0. The van der Waals surface area contributed by atoms with Crippen molar-refractivity contribution in [2.24, 2.45) is 11.8 Å². The largest absolute Gasteiger partial charge is 0.350 e. The van der Waals surface area contributed by atoms with Crippen LogP contribution in [0.15, 0.2) is 0 Å². The van der Waals surface area contributed by atoms with E-state index in [0.717, 1.165) is 13.0 Å². The van der Waals surface area contributed by atoms with Gasteiger partial charge in [-0.15, -0.1) is 0 Å². The van der Waals surface area contributed by atoms with E-state index in [1.165, 1.54) is 32.1 Å². The molecule has 2 rings (SSSR count). The lowest BCUT2D eigenvalue weighted by molar-refractivity contribution is -0.126. The zero-order valence-electron chi connectivity index (χ0n) is 12.2. The quantitative estimate of drug-likeness (QED) is 0.840. The summed E-state index contributed by atoms with van der Waals surface area (Å²) in [5, 5.41) is 6.68. The number of carbonyl (C=O) groups excluding carboxylic acids is 1. The van der Waals surface area contributed by atoms with Crippen LogP contribution in [0.3, 0.4) is 0 Å². The van der Waals surface area contributed by atoms with Crippen molar-refractivity contribution in [3.63, 3.8) is 0 Å². The molecule has 1 aliphatic heterocycles. The van der Waals surface area contributed by atoms with E-state index < -0.39 is 0 Å². The van der Waals surface area contributed by atoms with Crippen LogP contribution in [-0.4, -0.2) is 24.5 Å². The van der Waals surface area contributed by atoms with Crippen LogP contribution in [0.2, 0.25) is 0 Å². The zero-order chi connectivity index (χ0) is 12.3. The third kappa shape index (κ3) is 5.56. The van der Waals surface area contributed by atoms with E-state index in [1.54, 1.807) is 0 Å². The second-order valence-corrected chi connectivity index (χ2v) is 6.10. The van der Waals surface area contributed by atoms with E-state index in [2.05, 4.69) is 24.5 Å². The fraction of sp³-hybridized carbons (Fsp3) is 0.929. The summed E-state index contributed by atoms with van der Waals surface area (Å²) in [5.74, 6) is 1.50. The molecule has 0 aromatic carbocycles. The maximum absolute atomic E-state index is 12.0. The summed E-state index contributed by atoms with van der Waals surface area (Å²) in [4.78, 5) is 12.0. The lowest BCUT2D eigenvalue weighted by Gasteiger charge is -2.37. The van der Waals surface area contributed by atoms with Crippen LogP contribution in [0.4, 0.5) is 0 Å². The Bertz CT molecular complexity index is 268. The Hall–Kier alpha value is 0.130. The number of hydrogen-bond donors (Lipinski definition) is 2. The summed E-state index contributed by atoms with van der Waals surface area (Å²) >= 11 is 0. The van der Waals surface area contributed by atoms with Crippen molar-refractivity contribution in [2.75, 3.05) is 6.54 Å². The number of amides is 1. The van der Waals surface area contributed by atoms with Gasteiger partial charge >= 0.3 is 0 Å². The first-order valence-electron chi connectivity index (χ1n) is 7.20. The third-order valence-electron chi connectivity index (χ3n) is 4.15. The summed E-state index contributed by atoms with van der Waals surface area (Å²) in [6.07, 6.45) is 7.59. The first-order valence-corrected chi connectivity index (χ1v) is 7.20. The Morgan fingerprint density at radius 1 is 1.16 bits per heavy atom. The number of rotatable bonds is 3. The van der Waals surface area contributed by atoms with Crippen molar-refractivity contribution < 1.29 is 4.79 Å². The van der Waals surface area contributed by atoms with Gasteiger partial charge in [0.15, 0.2) is 0 Å². The average Bonchev–Trinajstić information content (AvgIpc) is 2.32. The van der Waals surface area contributed by atoms with Crippen LogP contribution in [0, 0.1) is 11.8 Å². The van der Waals surface area contributed by atoms with Gasteiger partial charge in [-0.1, -0.05) is 33.1 Å². The molecule has 1 saturated carbocycles. The van der Waals surface area contributed by atoms with Gasteiger partial charge in [-0.25, -0.2) is 0 Å². The average molecular weight is 307 g/mol. The smallest absolute Gasteiger partial charge is 0.237 e. The molecule has 1 saturated heterocycles. The van der Waals surface area contributed by atoms with Gasteiger partial charge in [-0.3, -0.25) is 4.79 Å². The van der Waals surface area contributed by atoms with E-state index in [4.69, 9.17) is 0 Å². The lowest BCUT2D eigenvalue weighted by Crippen LogP contribution is -2.60. The lowest BCUT2D eigenvalue weighted by atomic mass is 9.82. The maximum Gasteiger partial charge on any atom is 0.237 e. The van der Waals surface area contributed by atoms with E-state index in [9.17, 15) is 4.79 Å². The highest BCUT2D eigenvalue weighted by Crippen LogP contribution is 2.27. The second-order valence-electron chi connectivity index (χ2n) is 6.10. The number of nitrogens with one attached hydrogen (secondary N) is 2.